The van der Waals surface area contributed by atoms with Crippen LogP contribution in [0.4, 0.5) is 0 Å². The second kappa shape index (κ2) is 19.1. The molecule has 0 bridgehead atoms. The minimum absolute atomic E-state index is 0. The van der Waals surface area contributed by atoms with Gasteiger partial charge in [-0.15, -0.1) is 0 Å². The zero-order valence-corrected chi connectivity index (χ0v) is 16.6. The molecule has 0 radical (unpaired) electrons. The molecular weight excluding hydrogens is 281 g/mol. The summed E-state index contributed by atoms with van der Waals surface area (Å²) in [7, 11) is 0. The summed E-state index contributed by atoms with van der Waals surface area (Å²) in [6.07, 6.45) is 16.7. The van der Waals surface area contributed by atoms with E-state index in [0.717, 1.165) is 6.54 Å². The van der Waals surface area contributed by atoms with Crippen molar-refractivity contribution in [3.05, 3.63) is 0 Å². The number of hydrogen-bond acceptors (Lipinski definition) is 2. The van der Waals surface area contributed by atoms with Crippen molar-refractivity contribution in [3.63, 3.8) is 0 Å². The van der Waals surface area contributed by atoms with E-state index < -0.39 is 0 Å². The van der Waals surface area contributed by atoms with Crippen LogP contribution in [0.25, 0.3) is 0 Å². The van der Waals surface area contributed by atoms with Crippen molar-refractivity contribution in [1.29, 1.82) is 0 Å². The van der Waals surface area contributed by atoms with E-state index in [-0.39, 0.29) is 29.6 Å². The fraction of sp³-hybridized carbons (Fsp3) is 0.933. The van der Waals surface area contributed by atoms with E-state index in [1.807, 2.05) is 0 Å². The average molecular weight is 312 g/mol. The molecule has 19 heavy (non-hydrogen) atoms. The molecule has 0 amide bonds. The first-order valence-corrected chi connectivity index (χ1v) is 8.54. The van der Waals surface area contributed by atoms with Gasteiger partial charge in [-0.25, -0.2) is 0 Å². The second-order valence-corrected chi connectivity index (χ2v) is 6.18. The Bertz CT molecular complexity index is 189. The van der Waals surface area contributed by atoms with E-state index in [9.17, 15) is 0 Å². The molecule has 0 aromatic rings. The molecule has 0 aliphatic carbocycles. The third kappa shape index (κ3) is 21.6. The van der Waals surface area contributed by atoms with E-state index in [2.05, 4.69) is 12.2 Å². The molecule has 0 saturated carbocycles. The van der Waals surface area contributed by atoms with Crippen LogP contribution in [0.5, 0.6) is 0 Å². The molecule has 0 aromatic carbocycles. The van der Waals surface area contributed by atoms with Crippen molar-refractivity contribution in [2.24, 2.45) is 0 Å². The van der Waals surface area contributed by atoms with Gasteiger partial charge in [-0.05, 0) is 6.42 Å². The van der Waals surface area contributed by atoms with E-state index in [4.69, 9.17) is 24.8 Å². The molecule has 0 unspecified atom stereocenters. The maximum Gasteiger partial charge on any atom is 1.00 e. The summed E-state index contributed by atoms with van der Waals surface area (Å²) in [5.41, 5.74) is 0. The molecule has 0 aromatic heterocycles. The number of hydrogen-bond donors (Lipinski definition) is 1. The quantitative estimate of drug-likeness (QED) is 0.242. The van der Waals surface area contributed by atoms with Gasteiger partial charge in [-0.3, -0.25) is 0 Å². The Morgan fingerprint density at radius 3 is 1.53 bits per heavy atom. The first-order valence-electron chi connectivity index (χ1n) is 7.72. The summed E-state index contributed by atoms with van der Waals surface area (Å²) >= 11 is 9.57. The Morgan fingerprint density at radius 2 is 1.16 bits per heavy atom. The van der Waals surface area contributed by atoms with Crippen LogP contribution in [0.2, 0.25) is 0 Å². The molecule has 0 heterocycles. The maximum absolute atomic E-state index is 4.79. The zero-order chi connectivity index (χ0) is 13.5. The molecule has 1 nitrogen and oxygen atoms in total. The summed E-state index contributed by atoms with van der Waals surface area (Å²) in [6, 6.07) is 0. The van der Waals surface area contributed by atoms with Crippen LogP contribution in [-0.4, -0.2) is 10.9 Å². The molecular formula is C15H30NNaS2. The third-order valence-corrected chi connectivity index (χ3v) is 3.59. The van der Waals surface area contributed by atoms with Gasteiger partial charge in [-0.2, -0.15) is 0 Å². The summed E-state index contributed by atoms with van der Waals surface area (Å²) < 4.78 is 0.512. The normalized spacial score (nSPS) is 9.95. The SMILES string of the molecule is CCCCCCCCCCCCCCNC(=S)[S-].[Na+]. The van der Waals surface area contributed by atoms with Crippen molar-refractivity contribution in [2.45, 2.75) is 84.0 Å². The number of thiocarbonyl (C=S) groups is 1. The minimum atomic E-state index is 0. The monoisotopic (exact) mass is 311 g/mol. The molecule has 0 aliphatic heterocycles. The summed E-state index contributed by atoms with van der Waals surface area (Å²) in [6.45, 7) is 3.23. The Labute approximate surface area is 153 Å². The Kier molecular flexibility index (Phi) is 22.5. The van der Waals surface area contributed by atoms with Gasteiger partial charge in [0.05, 0.1) is 0 Å². The third-order valence-electron chi connectivity index (χ3n) is 3.30. The molecule has 0 rings (SSSR count). The molecule has 0 atom stereocenters. The number of rotatable bonds is 13. The molecule has 0 fully saturated rings. The van der Waals surface area contributed by atoms with Crippen LogP contribution in [0, 0.1) is 0 Å². The summed E-state index contributed by atoms with van der Waals surface area (Å²) in [5.74, 6) is 0. The van der Waals surface area contributed by atoms with Gasteiger partial charge in [0.15, 0.2) is 0 Å². The maximum atomic E-state index is 4.79. The van der Waals surface area contributed by atoms with Crippen molar-refractivity contribution >= 4 is 29.2 Å². The second-order valence-electron chi connectivity index (χ2n) is 5.10. The first-order chi connectivity index (χ1) is 8.77. The Balaban J connectivity index is 0. The standard InChI is InChI=1S/C15H31NS2.Na/c1-2-3-4-5-6-7-8-9-10-11-12-13-14-16-15(17)18;/h2-14H2,1H3,(H2,16,17,18);/q;+1/p-1. The first kappa shape index (κ1) is 22.4. The molecule has 0 saturated heterocycles. The van der Waals surface area contributed by atoms with Gasteiger partial charge in [0, 0.05) is 6.54 Å². The average Bonchev–Trinajstić information content (AvgIpc) is 2.34. The molecule has 108 valence electrons. The van der Waals surface area contributed by atoms with Crippen molar-refractivity contribution in [3.8, 4) is 0 Å². The van der Waals surface area contributed by atoms with Gasteiger partial charge in [0.25, 0.3) is 0 Å². The van der Waals surface area contributed by atoms with Crippen LogP contribution in [0.3, 0.4) is 0 Å². The van der Waals surface area contributed by atoms with Gasteiger partial charge in [0.2, 0.25) is 0 Å². The fourth-order valence-corrected chi connectivity index (χ4v) is 2.36. The fourth-order valence-electron chi connectivity index (χ4n) is 2.16. The predicted octanol–water partition coefficient (Wildman–Crippen LogP) is 2.11. The van der Waals surface area contributed by atoms with Gasteiger partial charge >= 0.3 is 29.6 Å². The van der Waals surface area contributed by atoms with Crippen LogP contribution in [-0.2, 0) is 12.6 Å². The number of nitrogens with one attached hydrogen (secondary N) is 1. The van der Waals surface area contributed by atoms with Crippen LogP contribution >= 0.6 is 12.2 Å². The molecule has 1 N–H and O–H groups in total. The van der Waals surface area contributed by atoms with E-state index in [1.165, 1.54) is 77.0 Å². The van der Waals surface area contributed by atoms with E-state index >= 15 is 0 Å². The predicted molar refractivity (Wildman–Crippen MR) is 89.0 cm³/mol. The van der Waals surface area contributed by atoms with Gasteiger partial charge < -0.3 is 30.2 Å². The Morgan fingerprint density at radius 1 is 0.789 bits per heavy atom. The molecule has 4 heteroatoms. The summed E-state index contributed by atoms with van der Waals surface area (Å²) in [5, 5.41) is 3.03. The van der Waals surface area contributed by atoms with Gasteiger partial charge in [-0.1, -0.05) is 81.9 Å². The van der Waals surface area contributed by atoms with E-state index in [1.54, 1.807) is 0 Å². The summed E-state index contributed by atoms with van der Waals surface area (Å²) in [4.78, 5) is 0. The van der Waals surface area contributed by atoms with E-state index in [0.29, 0.717) is 4.32 Å². The topological polar surface area (TPSA) is 12.0 Å². The molecule has 0 aliphatic rings. The van der Waals surface area contributed by atoms with Crippen LogP contribution < -0.4 is 34.9 Å². The molecule has 0 spiro atoms. The minimum Gasteiger partial charge on any atom is -0.412 e. The van der Waals surface area contributed by atoms with Crippen molar-refractivity contribution < 1.29 is 29.6 Å². The smallest absolute Gasteiger partial charge is 0.412 e. The van der Waals surface area contributed by atoms with Crippen LogP contribution in [0.1, 0.15) is 84.0 Å². The van der Waals surface area contributed by atoms with Crippen LogP contribution in [0.15, 0.2) is 0 Å². The largest absolute Gasteiger partial charge is 1.00 e. The Hall–Kier alpha value is 1.11. The number of unbranched alkanes of at least 4 members (excludes halogenated alkanes) is 11. The van der Waals surface area contributed by atoms with Crippen molar-refractivity contribution in [2.75, 3.05) is 6.54 Å². The van der Waals surface area contributed by atoms with Crippen molar-refractivity contribution in [1.82, 2.24) is 5.32 Å². The zero-order valence-electron chi connectivity index (χ0n) is 13.0. The van der Waals surface area contributed by atoms with Gasteiger partial charge in [0.1, 0.15) is 0 Å².